The standard InChI is InChI=1S/C30H38N4O4/c1-30(2,3)38-29(37)32-16-19-10-8-18(9-11-19)15-31-17-25-26(22-6-4-5-7-24(22)33-25)27-23-14-20(35)12-13-21(23)28(36)34-27/h4-7,12-14,18-19,27,31,33,35H,8-11,15-17H2,1-3H3,(H,32,37)(H,34,36). The summed E-state index contributed by atoms with van der Waals surface area (Å²) in [5.41, 5.74) is 4.05. The molecule has 5 rings (SSSR count). The molecule has 8 nitrogen and oxygen atoms in total. The fourth-order valence-electron chi connectivity index (χ4n) is 5.78. The van der Waals surface area contributed by atoms with Crippen molar-refractivity contribution in [1.82, 2.24) is 20.9 Å². The van der Waals surface area contributed by atoms with Crippen LogP contribution < -0.4 is 16.0 Å². The number of aromatic nitrogens is 1. The van der Waals surface area contributed by atoms with Gasteiger partial charge in [0.05, 0.1) is 6.04 Å². The normalized spacial score (nSPS) is 21.2. The number of H-pyrrole nitrogens is 1. The zero-order valence-electron chi connectivity index (χ0n) is 22.4. The largest absolute Gasteiger partial charge is 0.508 e. The number of ether oxygens (including phenoxy) is 1. The van der Waals surface area contributed by atoms with Crippen molar-refractivity contribution in [2.45, 2.75) is 64.6 Å². The molecule has 1 saturated carbocycles. The Kier molecular flexibility index (Phi) is 7.34. The number of hydrogen-bond donors (Lipinski definition) is 5. The van der Waals surface area contributed by atoms with Crippen LogP contribution in [-0.4, -0.2) is 40.8 Å². The number of aromatic amines is 1. The minimum absolute atomic E-state index is 0.118. The molecule has 0 bridgehead atoms. The molecule has 0 saturated heterocycles. The maximum atomic E-state index is 12.7. The van der Waals surface area contributed by atoms with Crippen molar-refractivity contribution >= 4 is 22.9 Å². The Bertz CT molecular complexity index is 1320. The summed E-state index contributed by atoms with van der Waals surface area (Å²) < 4.78 is 5.35. The first kappa shape index (κ1) is 26.1. The third-order valence-corrected chi connectivity index (χ3v) is 7.62. The highest BCUT2D eigenvalue weighted by Gasteiger charge is 2.33. The summed E-state index contributed by atoms with van der Waals surface area (Å²) in [7, 11) is 0. The first-order chi connectivity index (χ1) is 18.2. The van der Waals surface area contributed by atoms with Gasteiger partial charge in [0.2, 0.25) is 0 Å². The minimum Gasteiger partial charge on any atom is -0.508 e. The van der Waals surface area contributed by atoms with Crippen molar-refractivity contribution in [2.24, 2.45) is 11.8 Å². The van der Waals surface area contributed by atoms with Crippen LogP contribution in [0.4, 0.5) is 4.79 Å². The lowest BCUT2D eigenvalue weighted by Crippen LogP contribution is -2.36. The molecule has 2 heterocycles. The molecule has 38 heavy (non-hydrogen) atoms. The lowest BCUT2D eigenvalue weighted by Gasteiger charge is -2.29. The van der Waals surface area contributed by atoms with Gasteiger partial charge in [0.15, 0.2) is 0 Å². The van der Waals surface area contributed by atoms with E-state index in [2.05, 4.69) is 33.1 Å². The zero-order chi connectivity index (χ0) is 26.9. The second kappa shape index (κ2) is 10.7. The Morgan fingerprint density at radius 2 is 1.76 bits per heavy atom. The molecule has 2 aromatic carbocycles. The van der Waals surface area contributed by atoms with E-state index in [1.807, 2.05) is 32.9 Å². The molecule has 5 N–H and O–H groups in total. The van der Waals surface area contributed by atoms with Crippen LogP contribution in [0.15, 0.2) is 42.5 Å². The second-order valence-electron chi connectivity index (χ2n) is 11.6. The minimum atomic E-state index is -0.479. The van der Waals surface area contributed by atoms with Crippen LogP contribution in [0.3, 0.4) is 0 Å². The molecule has 1 atom stereocenters. The summed E-state index contributed by atoms with van der Waals surface area (Å²) >= 11 is 0. The molecule has 1 fully saturated rings. The van der Waals surface area contributed by atoms with Gasteiger partial charge >= 0.3 is 6.09 Å². The number of nitrogens with one attached hydrogen (secondary N) is 4. The highest BCUT2D eigenvalue weighted by atomic mass is 16.6. The molecule has 2 aliphatic rings. The monoisotopic (exact) mass is 518 g/mol. The number of carbonyl (C=O) groups excluding carboxylic acids is 2. The van der Waals surface area contributed by atoms with E-state index in [0.717, 1.165) is 60.0 Å². The van der Waals surface area contributed by atoms with E-state index in [1.165, 1.54) is 0 Å². The van der Waals surface area contributed by atoms with Crippen LogP contribution >= 0.6 is 0 Å². The van der Waals surface area contributed by atoms with Gasteiger partial charge in [-0.25, -0.2) is 4.79 Å². The van der Waals surface area contributed by atoms with E-state index in [1.54, 1.807) is 18.2 Å². The van der Waals surface area contributed by atoms with Crippen molar-refractivity contribution in [1.29, 1.82) is 0 Å². The van der Waals surface area contributed by atoms with Crippen molar-refractivity contribution in [2.75, 3.05) is 13.1 Å². The van der Waals surface area contributed by atoms with Gasteiger partial charge in [0, 0.05) is 40.8 Å². The van der Waals surface area contributed by atoms with Gasteiger partial charge < -0.3 is 30.8 Å². The van der Waals surface area contributed by atoms with Gasteiger partial charge in [-0.05, 0) is 94.7 Å². The molecule has 2 amide bonds. The Hall–Kier alpha value is -3.52. The van der Waals surface area contributed by atoms with Crippen LogP contribution in [0.5, 0.6) is 5.75 Å². The topological polar surface area (TPSA) is 115 Å². The van der Waals surface area contributed by atoms with Gasteiger partial charge in [-0.1, -0.05) is 18.2 Å². The number of amides is 2. The average Bonchev–Trinajstić information content (AvgIpc) is 3.39. The number of benzene rings is 2. The summed E-state index contributed by atoms with van der Waals surface area (Å²) in [5, 5.41) is 20.9. The maximum absolute atomic E-state index is 12.7. The number of rotatable bonds is 7. The number of fused-ring (bicyclic) bond motifs is 2. The van der Waals surface area contributed by atoms with Crippen molar-refractivity contribution in [3.8, 4) is 5.75 Å². The maximum Gasteiger partial charge on any atom is 0.407 e. The molecule has 8 heteroatoms. The third-order valence-electron chi connectivity index (χ3n) is 7.62. The van der Waals surface area contributed by atoms with E-state index >= 15 is 0 Å². The van der Waals surface area contributed by atoms with Gasteiger partial charge in [0.1, 0.15) is 11.4 Å². The van der Waals surface area contributed by atoms with E-state index in [9.17, 15) is 14.7 Å². The molecule has 1 aliphatic carbocycles. The number of phenols is 1. The lowest BCUT2D eigenvalue weighted by atomic mass is 9.82. The number of phenolic OH excluding ortho intramolecular Hbond substituents is 1. The predicted molar refractivity (Wildman–Crippen MR) is 147 cm³/mol. The van der Waals surface area contributed by atoms with Crippen molar-refractivity contribution in [3.63, 3.8) is 0 Å². The lowest BCUT2D eigenvalue weighted by molar-refractivity contribution is 0.0513. The molecule has 1 aliphatic heterocycles. The summed E-state index contributed by atoms with van der Waals surface area (Å²) in [6.07, 6.45) is 4.09. The Morgan fingerprint density at radius 1 is 1.05 bits per heavy atom. The van der Waals surface area contributed by atoms with Gasteiger partial charge in [-0.15, -0.1) is 0 Å². The Balaban J connectivity index is 1.19. The van der Waals surface area contributed by atoms with E-state index in [0.29, 0.717) is 30.5 Å². The van der Waals surface area contributed by atoms with Crippen molar-refractivity contribution < 1.29 is 19.4 Å². The molecule has 3 aromatic rings. The molecular formula is C30H38N4O4. The highest BCUT2D eigenvalue weighted by Crippen LogP contribution is 2.38. The summed E-state index contributed by atoms with van der Waals surface area (Å²) in [6.45, 7) is 7.85. The highest BCUT2D eigenvalue weighted by molar-refractivity contribution is 6.01. The number of para-hydroxylation sites is 1. The fourth-order valence-corrected chi connectivity index (χ4v) is 5.78. The molecule has 0 spiro atoms. The van der Waals surface area contributed by atoms with Crippen LogP contribution in [-0.2, 0) is 11.3 Å². The number of hydrogen-bond acceptors (Lipinski definition) is 5. The van der Waals surface area contributed by atoms with Gasteiger partial charge in [-0.3, -0.25) is 4.79 Å². The van der Waals surface area contributed by atoms with Crippen LogP contribution in [0, 0.1) is 11.8 Å². The first-order valence-electron chi connectivity index (χ1n) is 13.6. The molecule has 0 radical (unpaired) electrons. The summed E-state index contributed by atoms with van der Waals surface area (Å²) in [5.74, 6) is 1.11. The van der Waals surface area contributed by atoms with Gasteiger partial charge in [-0.2, -0.15) is 0 Å². The van der Waals surface area contributed by atoms with Crippen LogP contribution in [0.1, 0.15) is 79.7 Å². The second-order valence-corrected chi connectivity index (χ2v) is 11.6. The number of carbonyl (C=O) groups is 2. The average molecular weight is 519 g/mol. The number of alkyl carbamates (subject to hydrolysis) is 1. The summed E-state index contributed by atoms with van der Waals surface area (Å²) in [4.78, 5) is 28.2. The molecule has 1 aromatic heterocycles. The third kappa shape index (κ3) is 5.80. The SMILES string of the molecule is CC(C)(C)OC(=O)NCC1CCC(CNCc2[nH]c3ccccc3c2C2NC(=O)c3ccc(O)cc32)CC1. The van der Waals surface area contributed by atoms with Crippen LogP contribution in [0.2, 0.25) is 0 Å². The Labute approximate surface area is 223 Å². The fraction of sp³-hybridized carbons (Fsp3) is 0.467. The van der Waals surface area contributed by atoms with E-state index < -0.39 is 5.60 Å². The molecular weight excluding hydrogens is 480 g/mol. The predicted octanol–water partition coefficient (Wildman–Crippen LogP) is 5.13. The summed E-state index contributed by atoms with van der Waals surface area (Å²) in [6, 6.07) is 12.8. The molecule has 1 unspecified atom stereocenters. The smallest absolute Gasteiger partial charge is 0.407 e. The molecule has 202 valence electrons. The van der Waals surface area contributed by atoms with Crippen molar-refractivity contribution in [3.05, 3.63) is 64.8 Å². The quantitative estimate of drug-likeness (QED) is 0.298. The number of aromatic hydroxyl groups is 1. The van der Waals surface area contributed by atoms with Crippen LogP contribution in [0.25, 0.3) is 10.9 Å². The van der Waals surface area contributed by atoms with E-state index in [4.69, 9.17) is 4.74 Å². The van der Waals surface area contributed by atoms with Gasteiger partial charge in [0.25, 0.3) is 5.91 Å². The first-order valence-corrected chi connectivity index (χ1v) is 13.6. The Morgan fingerprint density at radius 3 is 2.50 bits per heavy atom. The van der Waals surface area contributed by atoms with E-state index in [-0.39, 0.29) is 23.8 Å². The zero-order valence-corrected chi connectivity index (χ0v) is 22.4.